The summed E-state index contributed by atoms with van der Waals surface area (Å²) in [5, 5.41) is 1.36. The summed E-state index contributed by atoms with van der Waals surface area (Å²) in [6, 6.07) is 0. The zero-order chi connectivity index (χ0) is 12.2. The van der Waals surface area contributed by atoms with Crippen LogP contribution in [0.3, 0.4) is 0 Å². The Bertz CT molecular complexity index is 228. The molecular formula is C13H26Al2O2. The van der Waals surface area contributed by atoms with E-state index >= 15 is 0 Å². The lowest BCUT2D eigenvalue weighted by molar-refractivity contribution is -0.160. The average Bonchev–Trinajstić information content (AvgIpc) is 2.41. The summed E-state index contributed by atoms with van der Waals surface area (Å²) in [6.07, 6.45) is 7.86. The van der Waals surface area contributed by atoms with Crippen molar-refractivity contribution in [2.45, 2.75) is 65.4 Å². The molecule has 2 unspecified atom stereocenters. The fourth-order valence-corrected chi connectivity index (χ4v) is 9.34. The minimum atomic E-state index is -0.173. The molecule has 2 rings (SSSR count). The van der Waals surface area contributed by atoms with Gasteiger partial charge in [0.25, 0.3) is 30.4 Å². The van der Waals surface area contributed by atoms with Gasteiger partial charge < -0.3 is 9.47 Å². The van der Waals surface area contributed by atoms with Gasteiger partial charge in [0.15, 0.2) is 0 Å². The SMILES string of the molecule is C[CH2][AlH][C]1([C]2([AlH][CH3])CCCCO2)CCCCO1. The maximum atomic E-state index is 6.41. The van der Waals surface area contributed by atoms with Crippen molar-refractivity contribution >= 4 is 30.4 Å². The van der Waals surface area contributed by atoms with Crippen LogP contribution in [0, 0.1) is 0 Å². The van der Waals surface area contributed by atoms with Gasteiger partial charge in [0.1, 0.15) is 0 Å². The lowest BCUT2D eigenvalue weighted by Crippen LogP contribution is -2.66. The number of hydrogen-bond acceptors (Lipinski definition) is 2. The zero-order valence-electron chi connectivity index (χ0n) is 11.6. The molecule has 2 fully saturated rings. The van der Waals surface area contributed by atoms with Crippen LogP contribution in [-0.4, -0.2) is 52.6 Å². The molecule has 0 aliphatic carbocycles. The molecule has 0 radical (unpaired) electrons. The first kappa shape index (κ1) is 14.4. The highest BCUT2D eigenvalue weighted by Gasteiger charge is 2.52. The van der Waals surface area contributed by atoms with E-state index in [1.807, 2.05) is 0 Å². The van der Waals surface area contributed by atoms with Crippen molar-refractivity contribution in [2.24, 2.45) is 0 Å². The van der Waals surface area contributed by atoms with Crippen LogP contribution >= 0.6 is 0 Å². The van der Waals surface area contributed by atoms with Crippen LogP contribution in [0.5, 0.6) is 0 Å². The summed E-state index contributed by atoms with van der Waals surface area (Å²) in [5.41, 5.74) is 0. The molecule has 2 atom stereocenters. The Morgan fingerprint density at radius 2 is 1.53 bits per heavy atom. The van der Waals surface area contributed by atoms with E-state index in [1.165, 1.54) is 43.8 Å². The van der Waals surface area contributed by atoms with E-state index in [1.54, 1.807) is 0 Å². The molecular weight excluding hydrogens is 242 g/mol. The van der Waals surface area contributed by atoms with Crippen LogP contribution in [0.1, 0.15) is 45.4 Å². The highest BCUT2D eigenvalue weighted by atomic mass is 27.1. The molecule has 0 N–H and O–H groups in total. The second-order valence-electron chi connectivity index (χ2n) is 5.70. The van der Waals surface area contributed by atoms with Gasteiger partial charge in [-0.15, -0.1) is 5.79 Å². The van der Waals surface area contributed by atoms with Crippen LogP contribution in [0.2, 0.25) is 11.1 Å². The van der Waals surface area contributed by atoms with Crippen LogP contribution in [0.4, 0.5) is 0 Å². The maximum Gasteiger partial charge on any atom is 0.290 e. The van der Waals surface area contributed by atoms with Crippen molar-refractivity contribution < 1.29 is 9.47 Å². The van der Waals surface area contributed by atoms with Crippen molar-refractivity contribution in [1.82, 2.24) is 0 Å². The van der Waals surface area contributed by atoms with Gasteiger partial charge in [-0.05, 0) is 38.5 Å². The van der Waals surface area contributed by atoms with E-state index in [2.05, 4.69) is 12.7 Å². The number of rotatable bonds is 4. The third-order valence-electron chi connectivity index (χ3n) is 4.76. The van der Waals surface area contributed by atoms with Crippen LogP contribution in [-0.2, 0) is 9.47 Å². The van der Waals surface area contributed by atoms with Crippen molar-refractivity contribution in [3.05, 3.63) is 0 Å². The second-order valence-corrected chi connectivity index (χ2v) is 10.2. The Labute approximate surface area is 118 Å². The molecule has 0 aromatic heterocycles. The Balaban J connectivity index is 2.21. The van der Waals surface area contributed by atoms with E-state index in [4.69, 9.17) is 9.47 Å². The number of ether oxygens (including phenoxy) is 2. The molecule has 2 saturated heterocycles. The second kappa shape index (κ2) is 6.43. The van der Waals surface area contributed by atoms with Crippen LogP contribution < -0.4 is 0 Å². The van der Waals surface area contributed by atoms with E-state index in [0.29, 0.717) is 0 Å². The van der Waals surface area contributed by atoms with Gasteiger partial charge in [-0.25, -0.2) is 0 Å². The Morgan fingerprint density at radius 1 is 0.941 bits per heavy atom. The summed E-state index contributed by atoms with van der Waals surface area (Å²) in [7, 11) is 0. The lowest BCUT2D eigenvalue weighted by Gasteiger charge is -2.54. The first-order valence-corrected chi connectivity index (χ1v) is 11.4. The standard InChI is InChI=1S/C10H16O2.C2H5.CH3.2Al.2H/c1-3-7-11-9(5-1)10-6-2-4-8-12-10;1-2;;;;;/h1-8H2;1H2,2H3;1H3;;;;. The normalized spacial score (nSPS) is 38.7. The van der Waals surface area contributed by atoms with Crippen molar-refractivity contribution in [2.75, 3.05) is 13.2 Å². The monoisotopic (exact) mass is 268 g/mol. The van der Waals surface area contributed by atoms with Gasteiger partial charge in [0, 0.05) is 22.1 Å². The summed E-state index contributed by atoms with van der Waals surface area (Å²) in [5.74, 6) is 2.44. The van der Waals surface area contributed by atoms with Gasteiger partial charge in [-0.3, -0.25) is 0 Å². The maximum absolute atomic E-state index is 6.41. The summed E-state index contributed by atoms with van der Waals surface area (Å²) in [4.78, 5) is 0. The topological polar surface area (TPSA) is 18.5 Å². The molecule has 0 bridgehead atoms. The van der Waals surface area contributed by atoms with Crippen molar-refractivity contribution in [3.8, 4) is 0 Å². The van der Waals surface area contributed by atoms with E-state index < -0.39 is 0 Å². The molecule has 2 heterocycles. The Morgan fingerprint density at radius 3 is 1.94 bits per heavy atom. The molecule has 0 aromatic rings. The minimum Gasteiger partial charge on any atom is -0.389 e. The molecule has 4 heteroatoms. The van der Waals surface area contributed by atoms with Crippen LogP contribution in [0.15, 0.2) is 0 Å². The largest absolute Gasteiger partial charge is 0.389 e. The van der Waals surface area contributed by atoms with Crippen LogP contribution in [0.25, 0.3) is 0 Å². The molecule has 0 saturated carbocycles. The zero-order valence-corrected chi connectivity index (χ0v) is 14.4. The molecule has 17 heavy (non-hydrogen) atoms. The highest BCUT2D eigenvalue weighted by Crippen LogP contribution is 2.42. The minimum absolute atomic E-state index is 0.156. The molecule has 2 nitrogen and oxygen atoms in total. The van der Waals surface area contributed by atoms with Crippen molar-refractivity contribution in [3.63, 3.8) is 0 Å². The average molecular weight is 268 g/mol. The molecule has 0 amide bonds. The molecule has 96 valence electrons. The summed E-state index contributed by atoms with van der Waals surface area (Å²) in [6.45, 7) is 4.33. The smallest absolute Gasteiger partial charge is 0.290 e. The first-order chi connectivity index (χ1) is 8.29. The van der Waals surface area contributed by atoms with Gasteiger partial charge >= 0.3 is 0 Å². The predicted molar refractivity (Wildman–Crippen MR) is 75.7 cm³/mol. The van der Waals surface area contributed by atoms with E-state index in [9.17, 15) is 0 Å². The lowest BCUT2D eigenvalue weighted by atomic mass is 9.96. The highest BCUT2D eigenvalue weighted by molar-refractivity contribution is 6.47. The van der Waals surface area contributed by atoms with Gasteiger partial charge in [-0.2, -0.15) is 0 Å². The quantitative estimate of drug-likeness (QED) is 0.727. The molecule has 2 aliphatic rings. The molecule has 0 spiro atoms. The number of hydrogen-bond donors (Lipinski definition) is 0. The van der Waals surface area contributed by atoms with Gasteiger partial charge in [-0.1, -0.05) is 12.2 Å². The Hall–Kier alpha value is 0.985. The predicted octanol–water partition coefficient (Wildman–Crippen LogP) is 2.14. The fourth-order valence-electron chi connectivity index (χ4n) is 3.85. The van der Waals surface area contributed by atoms with Gasteiger partial charge in [0.2, 0.25) is 0 Å². The molecule has 0 aromatic carbocycles. The van der Waals surface area contributed by atoms with Crippen molar-refractivity contribution in [1.29, 1.82) is 0 Å². The third-order valence-corrected chi connectivity index (χ3v) is 10.1. The third kappa shape index (κ3) is 2.79. The Kier molecular flexibility index (Phi) is 5.44. The summed E-state index contributed by atoms with van der Waals surface area (Å²) >= 11 is -0.329. The molecule has 2 aliphatic heterocycles. The summed E-state index contributed by atoms with van der Waals surface area (Å²) < 4.78 is 13.2. The van der Waals surface area contributed by atoms with Gasteiger partial charge in [0.05, 0.1) is 0 Å². The first-order valence-electron chi connectivity index (χ1n) is 7.56. The van der Waals surface area contributed by atoms with E-state index in [-0.39, 0.29) is 39.4 Å². The fraction of sp³-hybridized carbons (Fsp3) is 1.00. The van der Waals surface area contributed by atoms with E-state index in [0.717, 1.165) is 13.2 Å².